The number of carbonyl (C=O) groups excluding carboxylic acids is 1. The maximum Gasteiger partial charge on any atom is 0.254 e. The number of nitrogens with zero attached hydrogens (tertiary/aromatic N) is 2. The zero-order valence-electron chi connectivity index (χ0n) is 11.7. The van der Waals surface area contributed by atoms with Crippen LogP contribution in [0.5, 0.6) is 0 Å². The highest BCUT2D eigenvalue weighted by Crippen LogP contribution is 2.23. The Kier molecular flexibility index (Phi) is 4.20. The van der Waals surface area contributed by atoms with E-state index in [2.05, 4.69) is 4.98 Å². The van der Waals surface area contributed by atoms with E-state index < -0.39 is 0 Å². The third-order valence-corrected chi connectivity index (χ3v) is 4.20. The number of benzene rings is 1. The van der Waals surface area contributed by atoms with Crippen LogP contribution in [0.2, 0.25) is 5.02 Å². The third-order valence-electron chi connectivity index (χ3n) is 3.95. The predicted molar refractivity (Wildman–Crippen MR) is 83.5 cm³/mol. The fourth-order valence-electron chi connectivity index (χ4n) is 2.87. The van der Waals surface area contributed by atoms with Gasteiger partial charge in [0.2, 0.25) is 0 Å². The summed E-state index contributed by atoms with van der Waals surface area (Å²) in [7, 11) is 0. The highest BCUT2D eigenvalue weighted by Gasteiger charge is 2.29. The van der Waals surface area contributed by atoms with Gasteiger partial charge in [0.1, 0.15) is 0 Å². The molecule has 1 aromatic heterocycles. The van der Waals surface area contributed by atoms with Crippen molar-refractivity contribution >= 4 is 17.5 Å². The second kappa shape index (κ2) is 6.27. The largest absolute Gasteiger partial charge is 0.335 e. The molecule has 1 saturated heterocycles. The van der Waals surface area contributed by atoms with Crippen LogP contribution in [-0.4, -0.2) is 28.4 Å². The van der Waals surface area contributed by atoms with Gasteiger partial charge in [-0.05, 0) is 49.1 Å². The number of amides is 1. The molecule has 0 N–H and O–H groups in total. The van der Waals surface area contributed by atoms with Crippen molar-refractivity contribution in [2.45, 2.75) is 25.3 Å². The molecular formula is C17H17ClN2O. The van der Waals surface area contributed by atoms with Gasteiger partial charge in [0.15, 0.2) is 0 Å². The molecule has 1 aliphatic heterocycles. The molecule has 2 heterocycles. The van der Waals surface area contributed by atoms with Crippen molar-refractivity contribution in [3.63, 3.8) is 0 Å². The molecule has 4 heteroatoms. The highest BCUT2D eigenvalue weighted by atomic mass is 35.5. The van der Waals surface area contributed by atoms with Crippen LogP contribution in [0.3, 0.4) is 0 Å². The molecule has 2 aromatic rings. The van der Waals surface area contributed by atoms with E-state index in [-0.39, 0.29) is 11.9 Å². The van der Waals surface area contributed by atoms with E-state index in [0.717, 1.165) is 30.8 Å². The van der Waals surface area contributed by atoms with Crippen molar-refractivity contribution in [2.75, 3.05) is 6.54 Å². The first-order valence-electron chi connectivity index (χ1n) is 7.19. The summed E-state index contributed by atoms with van der Waals surface area (Å²) in [6, 6.07) is 11.7. The molecule has 1 amide bonds. The second-order valence-corrected chi connectivity index (χ2v) is 5.80. The van der Waals surface area contributed by atoms with Gasteiger partial charge < -0.3 is 4.90 Å². The van der Waals surface area contributed by atoms with Gasteiger partial charge in [0, 0.05) is 35.6 Å². The summed E-state index contributed by atoms with van der Waals surface area (Å²) in [6.07, 6.45) is 6.33. The molecule has 21 heavy (non-hydrogen) atoms. The molecule has 0 bridgehead atoms. The number of pyridine rings is 1. The number of halogens is 1. The Balaban J connectivity index is 1.73. The van der Waals surface area contributed by atoms with Crippen molar-refractivity contribution in [3.8, 4) is 0 Å². The van der Waals surface area contributed by atoms with Crippen LogP contribution in [0.4, 0.5) is 0 Å². The molecule has 0 spiro atoms. The van der Waals surface area contributed by atoms with Gasteiger partial charge in [-0.25, -0.2) is 0 Å². The standard InChI is InChI=1S/C17H17ClN2O/c18-15-5-3-13(4-6-15)12-16-2-1-11-20(16)17(21)14-7-9-19-10-8-14/h3-10,16H,1-2,11-12H2. The number of likely N-dealkylation sites (tertiary alicyclic amines) is 1. The van der Waals surface area contributed by atoms with E-state index in [1.54, 1.807) is 24.5 Å². The predicted octanol–water partition coefficient (Wildman–Crippen LogP) is 3.58. The number of hydrogen-bond donors (Lipinski definition) is 0. The van der Waals surface area contributed by atoms with Crippen molar-refractivity contribution in [1.82, 2.24) is 9.88 Å². The molecule has 3 rings (SSSR count). The normalized spacial score (nSPS) is 18.0. The maximum atomic E-state index is 12.6. The summed E-state index contributed by atoms with van der Waals surface area (Å²) in [5.74, 6) is 0.105. The summed E-state index contributed by atoms with van der Waals surface area (Å²) < 4.78 is 0. The van der Waals surface area contributed by atoms with Gasteiger partial charge in [0.05, 0.1) is 0 Å². The molecule has 0 saturated carbocycles. The molecule has 1 aromatic carbocycles. The van der Waals surface area contributed by atoms with Gasteiger partial charge in [-0.1, -0.05) is 23.7 Å². The minimum atomic E-state index is 0.105. The first-order chi connectivity index (χ1) is 10.2. The molecule has 1 atom stereocenters. The Morgan fingerprint density at radius 2 is 1.90 bits per heavy atom. The fourth-order valence-corrected chi connectivity index (χ4v) is 2.99. The topological polar surface area (TPSA) is 33.2 Å². The molecule has 1 fully saturated rings. The molecule has 1 unspecified atom stereocenters. The minimum absolute atomic E-state index is 0.105. The lowest BCUT2D eigenvalue weighted by atomic mass is 10.0. The van der Waals surface area contributed by atoms with Gasteiger partial charge in [-0.15, -0.1) is 0 Å². The van der Waals surface area contributed by atoms with E-state index in [0.29, 0.717) is 5.56 Å². The average molecular weight is 301 g/mol. The number of rotatable bonds is 3. The van der Waals surface area contributed by atoms with Crippen LogP contribution >= 0.6 is 11.6 Å². The number of aromatic nitrogens is 1. The third kappa shape index (κ3) is 3.24. The molecule has 3 nitrogen and oxygen atoms in total. The minimum Gasteiger partial charge on any atom is -0.335 e. The number of hydrogen-bond acceptors (Lipinski definition) is 2. The van der Waals surface area contributed by atoms with Crippen molar-refractivity contribution in [2.24, 2.45) is 0 Å². The van der Waals surface area contributed by atoms with Crippen molar-refractivity contribution in [3.05, 3.63) is 64.9 Å². The van der Waals surface area contributed by atoms with Gasteiger partial charge in [-0.2, -0.15) is 0 Å². The maximum absolute atomic E-state index is 12.6. The summed E-state index contributed by atoms with van der Waals surface area (Å²) in [6.45, 7) is 0.833. The van der Waals surface area contributed by atoms with Gasteiger partial charge in [-0.3, -0.25) is 9.78 Å². The van der Waals surface area contributed by atoms with Gasteiger partial charge in [0.25, 0.3) is 5.91 Å². The lowest BCUT2D eigenvalue weighted by Crippen LogP contribution is -2.36. The highest BCUT2D eigenvalue weighted by molar-refractivity contribution is 6.30. The summed E-state index contributed by atoms with van der Waals surface area (Å²) in [5.41, 5.74) is 1.94. The zero-order valence-corrected chi connectivity index (χ0v) is 12.5. The Hall–Kier alpha value is -1.87. The lowest BCUT2D eigenvalue weighted by Gasteiger charge is -2.25. The smallest absolute Gasteiger partial charge is 0.254 e. The van der Waals surface area contributed by atoms with Crippen LogP contribution in [0.1, 0.15) is 28.8 Å². The van der Waals surface area contributed by atoms with E-state index in [9.17, 15) is 4.79 Å². The Morgan fingerprint density at radius 1 is 1.19 bits per heavy atom. The Bertz CT molecular complexity index is 612. The van der Waals surface area contributed by atoms with E-state index in [1.807, 2.05) is 29.2 Å². The van der Waals surface area contributed by atoms with E-state index in [1.165, 1.54) is 5.56 Å². The van der Waals surface area contributed by atoms with Crippen molar-refractivity contribution < 1.29 is 4.79 Å². The van der Waals surface area contributed by atoms with E-state index in [4.69, 9.17) is 11.6 Å². The van der Waals surface area contributed by atoms with E-state index >= 15 is 0 Å². The fraction of sp³-hybridized carbons (Fsp3) is 0.294. The quantitative estimate of drug-likeness (QED) is 0.868. The molecule has 0 aliphatic carbocycles. The van der Waals surface area contributed by atoms with Crippen LogP contribution in [0, 0.1) is 0 Å². The first-order valence-corrected chi connectivity index (χ1v) is 7.57. The van der Waals surface area contributed by atoms with Crippen molar-refractivity contribution in [1.29, 1.82) is 0 Å². The van der Waals surface area contributed by atoms with Crippen LogP contribution in [-0.2, 0) is 6.42 Å². The Labute approximate surface area is 129 Å². The lowest BCUT2D eigenvalue weighted by molar-refractivity contribution is 0.0736. The van der Waals surface area contributed by atoms with Gasteiger partial charge >= 0.3 is 0 Å². The van der Waals surface area contributed by atoms with Crippen LogP contribution in [0.15, 0.2) is 48.8 Å². The SMILES string of the molecule is O=C(c1ccncc1)N1CCCC1Cc1ccc(Cl)cc1. The summed E-state index contributed by atoms with van der Waals surface area (Å²) >= 11 is 5.92. The first kappa shape index (κ1) is 14.1. The Morgan fingerprint density at radius 3 is 2.62 bits per heavy atom. The number of carbonyl (C=O) groups is 1. The van der Waals surface area contributed by atoms with Crippen LogP contribution in [0.25, 0.3) is 0 Å². The van der Waals surface area contributed by atoms with Crippen LogP contribution < -0.4 is 0 Å². The second-order valence-electron chi connectivity index (χ2n) is 5.36. The monoisotopic (exact) mass is 300 g/mol. The molecular weight excluding hydrogens is 284 g/mol. The summed E-state index contributed by atoms with van der Waals surface area (Å²) in [5, 5.41) is 0.745. The summed E-state index contributed by atoms with van der Waals surface area (Å²) in [4.78, 5) is 18.5. The molecule has 108 valence electrons. The molecule has 1 aliphatic rings. The average Bonchev–Trinajstić information content (AvgIpc) is 2.98. The molecule has 0 radical (unpaired) electrons. The zero-order chi connectivity index (χ0) is 14.7.